The van der Waals surface area contributed by atoms with E-state index < -0.39 is 0 Å². The van der Waals surface area contributed by atoms with Crippen LogP contribution in [0.5, 0.6) is 0 Å². The van der Waals surface area contributed by atoms with Gasteiger partial charge in [-0.3, -0.25) is 4.79 Å². The van der Waals surface area contributed by atoms with Gasteiger partial charge in [0, 0.05) is 12.1 Å². The van der Waals surface area contributed by atoms with Crippen LogP contribution < -0.4 is 5.32 Å². The fourth-order valence-corrected chi connectivity index (χ4v) is 1.50. The zero-order chi connectivity index (χ0) is 9.80. The van der Waals surface area contributed by atoms with E-state index in [-0.39, 0.29) is 11.8 Å². The molecular weight excluding hydrogens is 176 g/mol. The van der Waals surface area contributed by atoms with E-state index in [1.54, 1.807) is 12.3 Å². The number of rotatable bonds is 2. The molecule has 0 fully saturated rings. The van der Waals surface area contributed by atoms with Gasteiger partial charge in [0.1, 0.15) is 5.82 Å². The van der Waals surface area contributed by atoms with Gasteiger partial charge >= 0.3 is 0 Å². The molecule has 0 bridgehead atoms. The van der Waals surface area contributed by atoms with Crippen molar-refractivity contribution >= 4 is 11.7 Å². The Morgan fingerprint density at radius 1 is 1.36 bits per heavy atom. The quantitative estimate of drug-likeness (QED) is 0.721. The highest BCUT2D eigenvalue weighted by Crippen LogP contribution is 2.19. The Bertz CT molecular complexity index is 338. The van der Waals surface area contributed by atoms with Gasteiger partial charge in [0.2, 0.25) is 5.91 Å². The second kappa shape index (κ2) is 4.05. The van der Waals surface area contributed by atoms with Crippen molar-refractivity contribution in [2.45, 2.75) is 12.8 Å². The zero-order valence-electron chi connectivity index (χ0n) is 7.81. The molecule has 0 saturated carbocycles. The largest absolute Gasteiger partial charge is 0.310 e. The first-order chi connectivity index (χ1) is 6.86. The molecule has 2 rings (SSSR count). The molecule has 72 valence electrons. The molecule has 1 heterocycles. The molecule has 3 nitrogen and oxygen atoms in total. The minimum absolute atomic E-state index is 0.0636. The van der Waals surface area contributed by atoms with Gasteiger partial charge in [-0.15, -0.1) is 0 Å². The minimum Gasteiger partial charge on any atom is -0.310 e. The number of pyridine rings is 1. The van der Waals surface area contributed by atoms with Crippen LogP contribution in [0.2, 0.25) is 0 Å². The van der Waals surface area contributed by atoms with Gasteiger partial charge in [0.15, 0.2) is 0 Å². The van der Waals surface area contributed by atoms with E-state index in [9.17, 15) is 4.79 Å². The molecule has 1 amide bonds. The predicted molar refractivity (Wildman–Crippen MR) is 54.7 cm³/mol. The topological polar surface area (TPSA) is 42.0 Å². The molecule has 0 aliphatic heterocycles. The maximum absolute atomic E-state index is 11.6. The normalized spacial score (nSPS) is 15.7. The van der Waals surface area contributed by atoms with E-state index >= 15 is 0 Å². The van der Waals surface area contributed by atoms with E-state index in [1.165, 1.54) is 0 Å². The fraction of sp³-hybridized carbons (Fsp3) is 0.273. The molecule has 0 spiro atoms. The monoisotopic (exact) mass is 188 g/mol. The molecule has 0 atom stereocenters. The van der Waals surface area contributed by atoms with Crippen molar-refractivity contribution in [2.75, 3.05) is 5.32 Å². The van der Waals surface area contributed by atoms with Gasteiger partial charge in [-0.05, 0) is 25.0 Å². The third-order valence-corrected chi connectivity index (χ3v) is 2.29. The van der Waals surface area contributed by atoms with Gasteiger partial charge < -0.3 is 5.32 Å². The summed E-state index contributed by atoms with van der Waals surface area (Å²) in [6.45, 7) is 0. The van der Waals surface area contributed by atoms with Crippen molar-refractivity contribution in [1.82, 2.24) is 4.98 Å². The van der Waals surface area contributed by atoms with E-state index in [1.807, 2.05) is 24.3 Å². The number of hydrogen-bond acceptors (Lipinski definition) is 2. The van der Waals surface area contributed by atoms with Crippen LogP contribution in [0.15, 0.2) is 36.5 Å². The molecule has 1 N–H and O–H groups in total. The van der Waals surface area contributed by atoms with E-state index in [0.717, 1.165) is 12.8 Å². The Kier molecular flexibility index (Phi) is 2.58. The summed E-state index contributed by atoms with van der Waals surface area (Å²) in [5, 5.41) is 2.79. The highest BCUT2D eigenvalue weighted by molar-refractivity contribution is 5.92. The second-order valence-corrected chi connectivity index (χ2v) is 3.34. The Morgan fingerprint density at radius 3 is 2.79 bits per heavy atom. The molecule has 14 heavy (non-hydrogen) atoms. The summed E-state index contributed by atoms with van der Waals surface area (Å²) in [6.07, 6.45) is 7.45. The molecule has 0 unspecified atom stereocenters. The SMILES string of the molecule is O=C(Nc1ccccn1)C1CC=CC1. The lowest BCUT2D eigenvalue weighted by atomic mass is 10.1. The molecule has 0 radical (unpaired) electrons. The summed E-state index contributed by atoms with van der Waals surface area (Å²) in [6, 6.07) is 5.47. The number of aromatic nitrogens is 1. The van der Waals surface area contributed by atoms with Crippen LogP contribution >= 0.6 is 0 Å². The van der Waals surface area contributed by atoms with Crippen LogP contribution in [0, 0.1) is 5.92 Å². The first kappa shape index (κ1) is 8.94. The molecule has 0 saturated heterocycles. The van der Waals surface area contributed by atoms with Gasteiger partial charge in [-0.25, -0.2) is 4.98 Å². The van der Waals surface area contributed by atoms with Crippen LogP contribution in [-0.4, -0.2) is 10.9 Å². The number of carbonyl (C=O) groups is 1. The number of anilines is 1. The third-order valence-electron chi connectivity index (χ3n) is 2.29. The van der Waals surface area contributed by atoms with Gasteiger partial charge in [-0.2, -0.15) is 0 Å². The van der Waals surface area contributed by atoms with Crippen molar-refractivity contribution in [3.05, 3.63) is 36.5 Å². The highest BCUT2D eigenvalue weighted by Gasteiger charge is 2.19. The minimum atomic E-state index is 0.0636. The van der Waals surface area contributed by atoms with E-state index in [4.69, 9.17) is 0 Å². The van der Waals surface area contributed by atoms with Gasteiger partial charge in [0.25, 0.3) is 0 Å². The first-order valence-electron chi connectivity index (χ1n) is 4.73. The smallest absolute Gasteiger partial charge is 0.229 e. The van der Waals surface area contributed by atoms with Gasteiger partial charge in [0.05, 0.1) is 0 Å². The Balaban J connectivity index is 1.95. The molecular formula is C11H12N2O. The van der Waals surface area contributed by atoms with E-state index in [0.29, 0.717) is 5.82 Å². The van der Waals surface area contributed by atoms with Crippen molar-refractivity contribution in [3.8, 4) is 0 Å². The first-order valence-corrected chi connectivity index (χ1v) is 4.73. The number of nitrogens with zero attached hydrogens (tertiary/aromatic N) is 1. The highest BCUT2D eigenvalue weighted by atomic mass is 16.1. The van der Waals surface area contributed by atoms with Crippen LogP contribution in [-0.2, 0) is 4.79 Å². The molecule has 1 aromatic heterocycles. The molecule has 3 heteroatoms. The number of amides is 1. The maximum atomic E-state index is 11.6. The van der Waals surface area contributed by atoms with Crippen molar-refractivity contribution in [3.63, 3.8) is 0 Å². The predicted octanol–water partition coefficient (Wildman–Crippen LogP) is 1.99. The third kappa shape index (κ3) is 1.99. The van der Waals surface area contributed by atoms with Crippen molar-refractivity contribution in [1.29, 1.82) is 0 Å². The fourth-order valence-electron chi connectivity index (χ4n) is 1.50. The average molecular weight is 188 g/mol. The van der Waals surface area contributed by atoms with Crippen LogP contribution in [0.3, 0.4) is 0 Å². The summed E-state index contributed by atoms with van der Waals surface area (Å²) in [7, 11) is 0. The lowest BCUT2D eigenvalue weighted by molar-refractivity contribution is -0.119. The Morgan fingerprint density at radius 2 is 2.14 bits per heavy atom. The lowest BCUT2D eigenvalue weighted by Gasteiger charge is -2.08. The maximum Gasteiger partial charge on any atom is 0.229 e. The number of carbonyl (C=O) groups excluding carboxylic acids is 1. The summed E-state index contributed by atoms with van der Waals surface area (Å²) in [4.78, 5) is 15.7. The standard InChI is InChI=1S/C11H12N2O/c14-11(9-5-1-2-6-9)13-10-7-3-4-8-12-10/h1-4,7-9H,5-6H2,(H,12,13,14). The molecule has 1 aliphatic rings. The average Bonchev–Trinajstić information content (AvgIpc) is 2.72. The summed E-state index contributed by atoms with van der Waals surface area (Å²) in [5.74, 6) is 0.787. The van der Waals surface area contributed by atoms with Crippen molar-refractivity contribution in [2.24, 2.45) is 5.92 Å². The lowest BCUT2D eigenvalue weighted by Crippen LogP contribution is -2.20. The second-order valence-electron chi connectivity index (χ2n) is 3.34. The number of hydrogen-bond donors (Lipinski definition) is 1. The summed E-state index contributed by atoms with van der Waals surface area (Å²) in [5.41, 5.74) is 0. The Hall–Kier alpha value is -1.64. The van der Waals surface area contributed by atoms with Crippen LogP contribution in [0.4, 0.5) is 5.82 Å². The van der Waals surface area contributed by atoms with Gasteiger partial charge in [-0.1, -0.05) is 18.2 Å². The molecule has 1 aliphatic carbocycles. The Labute approximate surface area is 82.9 Å². The van der Waals surface area contributed by atoms with E-state index in [2.05, 4.69) is 10.3 Å². The summed E-state index contributed by atoms with van der Waals surface area (Å²) >= 11 is 0. The van der Waals surface area contributed by atoms with Crippen LogP contribution in [0.25, 0.3) is 0 Å². The zero-order valence-corrected chi connectivity index (χ0v) is 7.81. The molecule has 1 aromatic rings. The van der Waals surface area contributed by atoms with Crippen LogP contribution in [0.1, 0.15) is 12.8 Å². The number of nitrogens with one attached hydrogen (secondary N) is 1. The summed E-state index contributed by atoms with van der Waals surface area (Å²) < 4.78 is 0. The molecule has 0 aromatic carbocycles. The number of allylic oxidation sites excluding steroid dienone is 2. The van der Waals surface area contributed by atoms with Crippen molar-refractivity contribution < 1.29 is 4.79 Å².